The Morgan fingerprint density at radius 1 is 1.21 bits per heavy atom. The van der Waals surface area contributed by atoms with E-state index in [-0.39, 0.29) is 12.4 Å². The van der Waals surface area contributed by atoms with Gasteiger partial charge in [0, 0.05) is 18.0 Å². The van der Waals surface area contributed by atoms with Crippen molar-refractivity contribution >= 4 is 23.7 Å². The van der Waals surface area contributed by atoms with Gasteiger partial charge in [0.1, 0.15) is 12.4 Å². The van der Waals surface area contributed by atoms with Crippen LogP contribution in [0.3, 0.4) is 0 Å². The van der Waals surface area contributed by atoms with Gasteiger partial charge in [-0.15, -0.1) is 30.2 Å². The van der Waals surface area contributed by atoms with Crippen LogP contribution in [0, 0.1) is 12.3 Å². The van der Waals surface area contributed by atoms with E-state index < -0.39 is 0 Å². The van der Waals surface area contributed by atoms with Crippen molar-refractivity contribution < 1.29 is 4.74 Å². The minimum absolute atomic E-state index is 0. The lowest BCUT2D eigenvalue weighted by molar-refractivity contribution is 0.370. The van der Waals surface area contributed by atoms with E-state index in [1.807, 2.05) is 18.2 Å². The zero-order valence-corrected chi connectivity index (χ0v) is 12.1. The van der Waals surface area contributed by atoms with Crippen molar-refractivity contribution in [1.29, 1.82) is 0 Å². The Morgan fingerprint density at radius 2 is 2.11 bits per heavy atom. The molecule has 100 valence electrons. The van der Waals surface area contributed by atoms with Crippen LogP contribution in [0.2, 0.25) is 0 Å². The van der Waals surface area contributed by atoms with Crippen molar-refractivity contribution in [3.05, 3.63) is 52.2 Å². The maximum Gasteiger partial charge on any atom is 0.148 e. The monoisotopic (exact) mass is 293 g/mol. The molecule has 1 N–H and O–H groups in total. The van der Waals surface area contributed by atoms with Gasteiger partial charge >= 0.3 is 0 Å². The molecule has 0 spiro atoms. The first-order valence-corrected chi connectivity index (χ1v) is 6.65. The number of benzene rings is 1. The van der Waals surface area contributed by atoms with Crippen LogP contribution in [0.4, 0.5) is 0 Å². The summed E-state index contributed by atoms with van der Waals surface area (Å²) in [6.07, 6.45) is 5.16. The number of halogens is 1. The van der Waals surface area contributed by atoms with E-state index in [0.29, 0.717) is 6.61 Å². The first kappa shape index (κ1) is 15.6. The molecular weight excluding hydrogens is 278 g/mol. The minimum Gasteiger partial charge on any atom is -0.481 e. The number of hydrogen-bond donors (Lipinski definition) is 1. The number of nitrogens with one attached hydrogen (secondary N) is 1. The van der Waals surface area contributed by atoms with Crippen molar-refractivity contribution in [3.8, 4) is 18.1 Å². The van der Waals surface area contributed by atoms with Gasteiger partial charge in [0.25, 0.3) is 0 Å². The maximum atomic E-state index is 5.39. The standard InChI is InChI=1S/C15H15NOS.ClH/c1-2-8-17-14-6-3-5-13(10-14)11-16-12-15-7-4-9-18-15;/h1,3-7,9-10,16H,8,11-12H2;1H. The Kier molecular flexibility index (Phi) is 7.06. The first-order chi connectivity index (χ1) is 8.88. The summed E-state index contributed by atoms with van der Waals surface area (Å²) in [5, 5.41) is 5.49. The van der Waals surface area contributed by atoms with Gasteiger partial charge in [-0.05, 0) is 29.1 Å². The van der Waals surface area contributed by atoms with Gasteiger partial charge in [0.05, 0.1) is 0 Å². The molecular formula is C15H16ClNOS. The summed E-state index contributed by atoms with van der Waals surface area (Å²) in [6, 6.07) is 12.2. The van der Waals surface area contributed by atoms with E-state index in [1.165, 1.54) is 10.4 Å². The van der Waals surface area contributed by atoms with Crippen LogP contribution in [0.15, 0.2) is 41.8 Å². The Hall–Kier alpha value is -1.47. The van der Waals surface area contributed by atoms with E-state index in [0.717, 1.165) is 18.8 Å². The van der Waals surface area contributed by atoms with Crippen LogP contribution in [-0.2, 0) is 13.1 Å². The molecule has 1 aromatic carbocycles. The van der Waals surface area contributed by atoms with Gasteiger partial charge in [-0.25, -0.2) is 0 Å². The third kappa shape index (κ3) is 5.35. The average molecular weight is 294 g/mol. The second kappa shape index (κ2) is 8.60. The quantitative estimate of drug-likeness (QED) is 0.824. The summed E-state index contributed by atoms with van der Waals surface area (Å²) in [5.41, 5.74) is 1.20. The largest absolute Gasteiger partial charge is 0.481 e. The molecule has 0 aliphatic carbocycles. The van der Waals surface area contributed by atoms with Crippen molar-refractivity contribution in [2.45, 2.75) is 13.1 Å². The zero-order valence-electron chi connectivity index (χ0n) is 10.5. The summed E-state index contributed by atoms with van der Waals surface area (Å²) in [6.45, 7) is 2.03. The molecule has 0 radical (unpaired) electrons. The predicted octanol–water partition coefficient (Wildman–Crippen LogP) is 3.47. The highest BCUT2D eigenvalue weighted by atomic mass is 35.5. The number of thiophene rings is 1. The summed E-state index contributed by atoms with van der Waals surface area (Å²) in [4.78, 5) is 1.34. The van der Waals surface area contributed by atoms with Gasteiger partial charge in [-0.1, -0.05) is 24.1 Å². The van der Waals surface area contributed by atoms with Crippen LogP contribution in [0.25, 0.3) is 0 Å². The fourth-order valence-electron chi connectivity index (χ4n) is 1.61. The van der Waals surface area contributed by atoms with Crippen LogP contribution in [0.5, 0.6) is 5.75 Å². The molecule has 19 heavy (non-hydrogen) atoms. The maximum absolute atomic E-state index is 5.39. The highest BCUT2D eigenvalue weighted by Gasteiger charge is 1.97. The molecule has 0 saturated heterocycles. The van der Waals surface area contributed by atoms with E-state index in [1.54, 1.807) is 11.3 Å². The van der Waals surface area contributed by atoms with E-state index in [2.05, 4.69) is 34.8 Å². The molecule has 0 atom stereocenters. The molecule has 4 heteroatoms. The Balaban J connectivity index is 0.00000180. The normalized spacial score (nSPS) is 9.42. The Labute approximate surface area is 124 Å². The smallest absolute Gasteiger partial charge is 0.148 e. The van der Waals surface area contributed by atoms with E-state index >= 15 is 0 Å². The molecule has 0 amide bonds. The summed E-state index contributed by atoms with van der Waals surface area (Å²) in [5.74, 6) is 3.28. The summed E-state index contributed by atoms with van der Waals surface area (Å²) >= 11 is 1.76. The third-order valence-corrected chi connectivity index (χ3v) is 3.31. The van der Waals surface area contributed by atoms with Crippen LogP contribution in [0.1, 0.15) is 10.4 Å². The van der Waals surface area contributed by atoms with Gasteiger partial charge in [0.15, 0.2) is 0 Å². The van der Waals surface area contributed by atoms with E-state index in [9.17, 15) is 0 Å². The summed E-state index contributed by atoms with van der Waals surface area (Å²) in [7, 11) is 0. The number of rotatable bonds is 6. The minimum atomic E-state index is 0. The van der Waals surface area contributed by atoms with Crippen LogP contribution >= 0.6 is 23.7 Å². The summed E-state index contributed by atoms with van der Waals surface area (Å²) < 4.78 is 5.39. The first-order valence-electron chi connectivity index (χ1n) is 5.77. The second-order valence-electron chi connectivity index (χ2n) is 3.82. The highest BCUT2D eigenvalue weighted by molar-refractivity contribution is 7.09. The molecule has 1 aromatic heterocycles. The highest BCUT2D eigenvalue weighted by Crippen LogP contribution is 2.13. The molecule has 0 fully saturated rings. The van der Waals surface area contributed by atoms with E-state index in [4.69, 9.17) is 11.2 Å². The number of hydrogen-bond acceptors (Lipinski definition) is 3. The average Bonchev–Trinajstić information content (AvgIpc) is 2.90. The lowest BCUT2D eigenvalue weighted by Gasteiger charge is -2.06. The van der Waals surface area contributed by atoms with Crippen molar-refractivity contribution in [2.75, 3.05) is 6.61 Å². The fraction of sp³-hybridized carbons (Fsp3) is 0.200. The second-order valence-corrected chi connectivity index (χ2v) is 4.86. The zero-order chi connectivity index (χ0) is 12.6. The van der Waals surface area contributed by atoms with Crippen LogP contribution < -0.4 is 10.1 Å². The number of ether oxygens (including phenoxy) is 1. The lowest BCUT2D eigenvalue weighted by atomic mass is 10.2. The van der Waals surface area contributed by atoms with Crippen molar-refractivity contribution in [3.63, 3.8) is 0 Å². The number of terminal acetylenes is 1. The molecule has 2 rings (SSSR count). The van der Waals surface area contributed by atoms with Crippen molar-refractivity contribution in [2.24, 2.45) is 0 Å². The molecule has 0 unspecified atom stereocenters. The molecule has 0 aliphatic heterocycles. The van der Waals surface area contributed by atoms with Crippen molar-refractivity contribution in [1.82, 2.24) is 5.32 Å². The molecule has 0 bridgehead atoms. The van der Waals surface area contributed by atoms with Crippen LogP contribution in [-0.4, -0.2) is 6.61 Å². The van der Waals surface area contributed by atoms with Gasteiger partial charge < -0.3 is 10.1 Å². The lowest BCUT2D eigenvalue weighted by Crippen LogP contribution is -2.11. The van der Waals surface area contributed by atoms with Gasteiger partial charge in [-0.2, -0.15) is 0 Å². The fourth-order valence-corrected chi connectivity index (χ4v) is 2.29. The molecule has 1 heterocycles. The Morgan fingerprint density at radius 3 is 2.84 bits per heavy atom. The topological polar surface area (TPSA) is 21.3 Å². The van der Waals surface area contributed by atoms with Gasteiger partial charge in [0.2, 0.25) is 0 Å². The molecule has 0 saturated carbocycles. The predicted molar refractivity (Wildman–Crippen MR) is 82.9 cm³/mol. The van der Waals surface area contributed by atoms with Gasteiger partial charge in [-0.3, -0.25) is 0 Å². The molecule has 2 aromatic rings. The molecule has 0 aliphatic rings. The SMILES string of the molecule is C#CCOc1cccc(CNCc2cccs2)c1.Cl. The third-order valence-electron chi connectivity index (χ3n) is 2.43. The Bertz CT molecular complexity index is 519. The molecule has 2 nitrogen and oxygen atoms in total.